The minimum atomic E-state index is -3.82. The monoisotopic (exact) mass is 443 g/mol. The summed E-state index contributed by atoms with van der Waals surface area (Å²) in [4.78, 5) is 0.736. The second kappa shape index (κ2) is 6.59. The number of nitrogens with zero attached hydrogens (tertiary/aromatic N) is 5. The van der Waals surface area contributed by atoms with Crippen molar-refractivity contribution in [1.82, 2.24) is 20.2 Å². The summed E-state index contributed by atoms with van der Waals surface area (Å²) in [5.41, 5.74) is -4.71. The third-order valence-corrected chi connectivity index (χ3v) is 6.98. The number of nitriles is 1. The summed E-state index contributed by atoms with van der Waals surface area (Å²) in [7, 11) is 0. The van der Waals surface area contributed by atoms with E-state index in [2.05, 4.69) is 15.4 Å². The number of rotatable bonds is 6. The minimum absolute atomic E-state index is 0.0724. The molecule has 0 aliphatic heterocycles. The van der Waals surface area contributed by atoms with Crippen LogP contribution in [0, 0.1) is 28.4 Å². The SMILES string of the molecule is N#Cc1ccc(C23CC(C(F)(F)C(O)(Cn4ncnn4)c4cc(F)ccc4F)(C2)C3)cc1. The van der Waals surface area contributed by atoms with Crippen LogP contribution in [0.5, 0.6) is 0 Å². The fourth-order valence-corrected chi connectivity index (χ4v) is 5.40. The quantitative estimate of drug-likeness (QED) is 0.590. The standard InChI is InChI=1S/C22H17F4N5O/c23-16-5-6-18(24)17(7-16)21(32,12-31-29-13-28-30-31)22(25,26)20-9-19(10-20,11-20)15-3-1-14(8-27)2-4-15/h1-7,13,32H,9-12H2. The van der Waals surface area contributed by atoms with E-state index in [0.717, 1.165) is 22.8 Å². The van der Waals surface area contributed by atoms with Gasteiger partial charge in [0, 0.05) is 11.0 Å². The van der Waals surface area contributed by atoms with E-state index < -0.39 is 46.1 Å². The van der Waals surface area contributed by atoms with Crippen LogP contribution in [0.25, 0.3) is 0 Å². The van der Waals surface area contributed by atoms with E-state index in [4.69, 9.17) is 5.26 Å². The smallest absolute Gasteiger partial charge is 0.287 e. The molecule has 1 aromatic heterocycles. The van der Waals surface area contributed by atoms with Gasteiger partial charge in [0.25, 0.3) is 5.92 Å². The zero-order chi connectivity index (χ0) is 22.8. The van der Waals surface area contributed by atoms with Crippen LogP contribution in [0.2, 0.25) is 0 Å². The number of alkyl halides is 2. The minimum Gasteiger partial charge on any atom is -0.377 e. The fraction of sp³-hybridized carbons (Fsp3) is 0.364. The van der Waals surface area contributed by atoms with Crippen molar-refractivity contribution in [3.8, 4) is 6.07 Å². The number of halogens is 4. The molecule has 2 bridgehead atoms. The highest BCUT2D eigenvalue weighted by Gasteiger charge is 2.82. The molecule has 1 heterocycles. The normalized spacial score (nSPS) is 25.9. The molecule has 0 radical (unpaired) electrons. The molecule has 3 aromatic rings. The van der Waals surface area contributed by atoms with Crippen LogP contribution in [0.3, 0.4) is 0 Å². The first-order valence-electron chi connectivity index (χ1n) is 9.92. The van der Waals surface area contributed by atoms with Gasteiger partial charge in [0.05, 0.1) is 11.6 Å². The molecule has 10 heteroatoms. The maximum atomic E-state index is 16.1. The van der Waals surface area contributed by atoms with Crippen LogP contribution in [0.15, 0.2) is 48.8 Å². The molecule has 32 heavy (non-hydrogen) atoms. The summed E-state index contributed by atoms with van der Waals surface area (Å²) in [6.07, 6.45) is 1.22. The van der Waals surface area contributed by atoms with Crippen molar-refractivity contribution in [1.29, 1.82) is 5.26 Å². The Balaban J connectivity index is 1.51. The van der Waals surface area contributed by atoms with Crippen molar-refractivity contribution >= 4 is 0 Å². The van der Waals surface area contributed by atoms with E-state index >= 15 is 8.78 Å². The second-order valence-corrected chi connectivity index (χ2v) is 8.81. The topological polar surface area (TPSA) is 87.6 Å². The fourth-order valence-electron chi connectivity index (χ4n) is 5.40. The molecule has 1 atom stereocenters. The first kappa shape index (κ1) is 20.6. The molecule has 3 aliphatic carbocycles. The highest BCUT2D eigenvalue weighted by molar-refractivity contribution is 5.45. The number of benzene rings is 2. The van der Waals surface area contributed by atoms with E-state index in [1.165, 1.54) is 0 Å². The van der Waals surface area contributed by atoms with E-state index in [1.807, 2.05) is 6.07 Å². The number of aromatic nitrogens is 4. The third-order valence-electron chi connectivity index (χ3n) is 6.98. The second-order valence-electron chi connectivity index (χ2n) is 8.81. The van der Waals surface area contributed by atoms with Crippen molar-refractivity contribution in [2.24, 2.45) is 5.41 Å². The van der Waals surface area contributed by atoms with Crippen LogP contribution in [0.4, 0.5) is 17.6 Å². The lowest BCUT2D eigenvalue weighted by Crippen LogP contribution is -2.76. The Hall–Kier alpha value is -3.32. The van der Waals surface area contributed by atoms with Gasteiger partial charge in [-0.3, -0.25) is 0 Å². The molecule has 0 spiro atoms. The van der Waals surface area contributed by atoms with Crippen LogP contribution >= 0.6 is 0 Å². The van der Waals surface area contributed by atoms with Gasteiger partial charge in [-0.05, 0) is 65.8 Å². The molecule has 164 valence electrons. The molecule has 1 N–H and O–H groups in total. The number of tetrazole rings is 1. The molecule has 3 fully saturated rings. The Bertz CT molecular complexity index is 1200. The van der Waals surface area contributed by atoms with E-state index in [-0.39, 0.29) is 19.3 Å². The van der Waals surface area contributed by atoms with Gasteiger partial charge in [-0.15, -0.1) is 10.2 Å². The van der Waals surface area contributed by atoms with Crippen molar-refractivity contribution < 1.29 is 22.7 Å². The van der Waals surface area contributed by atoms with Crippen LogP contribution in [0.1, 0.15) is 36.0 Å². The predicted molar refractivity (Wildman–Crippen MR) is 102 cm³/mol. The van der Waals surface area contributed by atoms with Gasteiger partial charge in [-0.1, -0.05) is 12.1 Å². The molecule has 0 saturated heterocycles. The van der Waals surface area contributed by atoms with E-state index in [9.17, 15) is 13.9 Å². The Labute approximate surface area is 180 Å². The van der Waals surface area contributed by atoms with Gasteiger partial charge >= 0.3 is 0 Å². The molecule has 2 aromatic carbocycles. The first-order chi connectivity index (χ1) is 15.1. The average molecular weight is 443 g/mol. The highest BCUT2D eigenvalue weighted by atomic mass is 19.3. The van der Waals surface area contributed by atoms with Gasteiger partial charge in [0.2, 0.25) is 0 Å². The summed E-state index contributed by atoms with van der Waals surface area (Å²) < 4.78 is 60.6. The van der Waals surface area contributed by atoms with E-state index in [1.54, 1.807) is 24.3 Å². The van der Waals surface area contributed by atoms with E-state index in [0.29, 0.717) is 17.7 Å². The van der Waals surface area contributed by atoms with Crippen LogP contribution in [-0.2, 0) is 17.6 Å². The van der Waals surface area contributed by atoms with Crippen LogP contribution in [-0.4, -0.2) is 31.2 Å². The molecule has 6 rings (SSSR count). The number of hydrogen-bond acceptors (Lipinski definition) is 5. The largest absolute Gasteiger partial charge is 0.377 e. The zero-order valence-corrected chi connectivity index (χ0v) is 16.6. The summed E-state index contributed by atoms with van der Waals surface area (Å²) in [6.45, 7) is -0.897. The maximum Gasteiger partial charge on any atom is 0.287 e. The molecule has 6 nitrogen and oxygen atoms in total. The summed E-state index contributed by atoms with van der Waals surface area (Å²) in [6, 6.07) is 10.9. The molecule has 3 saturated carbocycles. The van der Waals surface area contributed by atoms with Crippen molar-refractivity contribution in [3.63, 3.8) is 0 Å². The Morgan fingerprint density at radius 1 is 1.09 bits per heavy atom. The predicted octanol–water partition coefficient (Wildman–Crippen LogP) is 3.47. The first-order valence-corrected chi connectivity index (χ1v) is 9.92. The lowest BCUT2D eigenvalue weighted by Gasteiger charge is -2.74. The molecule has 0 amide bonds. The number of hydrogen-bond donors (Lipinski definition) is 1. The molecular formula is C22H17F4N5O. The zero-order valence-electron chi connectivity index (χ0n) is 16.6. The molecular weight excluding hydrogens is 426 g/mol. The summed E-state index contributed by atoms with van der Waals surface area (Å²) in [5.74, 6) is -5.92. The van der Waals surface area contributed by atoms with Gasteiger partial charge in [0.1, 0.15) is 18.2 Å². The highest BCUT2D eigenvalue weighted by Crippen LogP contribution is 2.80. The van der Waals surface area contributed by atoms with Crippen molar-refractivity contribution in [2.45, 2.75) is 42.7 Å². The maximum absolute atomic E-state index is 16.1. The molecule has 1 unspecified atom stereocenters. The Morgan fingerprint density at radius 2 is 1.78 bits per heavy atom. The van der Waals surface area contributed by atoms with Crippen molar-refractivity contribution in [2.75, 3.05) is 0 Å². The average Bonchev–Trinajstić information content (AvgIpc) is 3.20. The molecule has 3 aliphatic rings. The lowest BCUT2D eigenvalue weighted by atomic mass is 9.30. The lowest BCUT2D eigenvalue weighted by molar-refractivity contribution is -0.348. The van der Waals surface area contributed by atoms with Gasteiger partial charge in [0.15, 0.2) is 11.9 Å². The summed E-state index contributed by atoms with van der Waals surface area (Å²) >= 11 is 0. The van der Waals surface area contributed by atoms with Gasteiger partial charge in [-0.2, -0.15) is 10.1 Å². The summed E-state index contributed by atoms with van der Waals surface area (Å²) in [5, 5.41) is 30.9. The van der Waals surface area contributed by atoms with Gasteiger partial charge in [-0.25, -0.2) is 17.6 Å². The number of aliphatic hydroxyl groups is 1. The van der Waals surface area contributed by atoms with Crippen molar-refractivity contribution in [3.05, 3.63) is 77.1 Å². The van der Waals surface area contributed by atoms with Crippen LogP contribution < -0.4 is 0 Å². The van der Waals surface area contributed by atoms with Gasteiger partial charge < -0.3 is 5.11 Å². The third kappa shape index (κ3) is 2.64. The Kier molecular flexibility index (Phi) is 4.24. The Morgan fingerprint density at radius 3 is 2.38 bits per heavy atom.